The van der Waals surface area contributed by atoms with Crippen molar-refractivity contribution in [2.24, 2.45) is 5.14 Å². The first kappa shape index (κ1) is 15.2. The Balaban J connectivity index is 2.04. The zero-order valence-corrected chi connectivity index (χ0v) is 12.3. The number of anilines is 1. The quantitative estimate of drug-likeness (QED) is 0.854. The van der Waals surface area contributed by atoms with Crippen LogP contribution in [0.15, 0.2) is 41.8 Å². The van der Waals surface area contributed by atoms with Crippen LogP contribution >= 0.6 is 0 Å². The number of carbonyl (C=O) groups is 1. The fourth-order valence-corrected chi connectivity index (χ4v) is 2.67. The van der Waals surface area contributed by atoms with E-state index in [1.165, 1.54) is 6.07 Å². The van der Waals surface area contributed by atoms with Crippen LogP contribution in [0.3, 0.4) is 0 Å². The average Bonchev–Trinajstić information content (AvgIpc) is 2.90. The first-order chi connectivity index (χ1) is 9.86. The number of aromatic nitrogens is 2. The zero-order valence-electron chi connectivity index (χ0n) is 11.5. The molecule has 0 saturated carbocycles. The van der Waals surface area contributed by atoms with E-state index in [1.807, 2.05) is 0 Å². The number of amides is 1. The van der Waals surface area contributed by atoms with Gasteiger partial charge in [-0.15, -0.1) is 0 Å². The lowest BCUT2D eigenvalue weighted by Gasteiger charge is -2.09. The van der Waals surface area contributed by atoms with Gasteiger partial charge < -0.3 is 9.88 Å². The Morgan fingerprint density at radius 1 is 1.43 bits per heavy atom. The Kier molecular flexibility index (Phi) is 4.39. The summed E-state index contributed by atoms with van der Waals surface area (Å²) in [6.07, 6.45) is 5.28. The highest BCUT2D eigenvalue weighted by Gasteiger charge is 2.13. The van der Waals surface area contributed by atoms with Crippen molar-refractivity contribution in [2.45, 2.75) is 24.8 Å². The summed E-state index contributed by atoms with van der Waals surface area (Å²) >= 11 is 0. The molecule has 1 aromatic heterocycles. The molecule has 0 fully saturated rings. The lowest BCUT2D eigenvalue weighted by Crippen LogP contribution is -2.16. The Labute approximate surface area is 122 Å². The molecule has 0 bridgehead atoms. The standard InChI is InChI=1S/C13H16N4O3S/c1-10-2-3-11(8-12(10)21(14,19)20)16-13(18)4-6-17-7-5-15-9-17/h2-3,5,7-9H,4,6H2,1H3,(H,16,18)(H2,14,19,20). The monoisotopic (exact) mass is 308 g/mol. The zero-order chi connectivity index (χ0) is 15.5. The lowest BCUT2D eigenvalue weighted by molar-refractivity contribution is -0.116. The summed E-state index contributed by atoms with van der Waals surface area (Å²) in [5, 5.41) is 7.78. The van der Waals surface area contributed by atoms with Crippen molar-refractivity contribution in [1.29, 1.82) is 0 Å². The fourth-order valence-electron chi connectivity index (χ4n) is 1.86. The molecule has 112 valence electrons. The number of benzene rings is 1. The molecule has 0 unspecified atom stereocenters. The molecular weight excluding hydrogens is 292 g/mol. The van der Waals surface area contributed by atoms with E-state index in [0.717, 1.165) is 0 Å². The number of hydrogen-bond donors (Lipinski definition) is 2. The maximum Gasteiger partial charge on any atom is 0.238 e. The van der Waals surface area contributed by atoms with Crippen LogP contribution in [-0.2, 0) is 21.4 Å². The van der Waals surface area contributed by atoms with Gasteiger partial charge in [0.15, 0.2) is 0 Å². The summed E-state index contributed by atoms with van der Waals surface area (Å²) < 4.78 is 24.6. The summed E-state index contributed by atoms with van der Waals surface area (Å²) in [5.74, 6) is -0.215. The summed E-state index contributed by atoms with van der Waals surface area (Å²) in [6, 6.07) is 4.60. The summed E-state index contributed by atoms with van der Waals surface area (Å²) in [6.45, 7) is 2.14. The highest BCUT2D eigenvalue weighted by Crippen LogP contribution is 2.19. The van der Waals surface area contributed by atoms with E-state index in [2.05, 4.69) is 10.3 Å². The molecule has 0 saturated heterocycles. The van der Waals surface area contributed by atoms with Crippen LogP contribution in [0.25, 0.3) is 0 Å². The Hall–Kier alpha value is -2.19. The molecule has 1 amide bonds. The Morgan fingerprint density at radius 3 is 2.81 bits per heavy atom. The predicted molar refractivity (Wildman–Crippen MR) is 78.0 cm³/mol. The van der Waals surface area contributed by atoms with E-state index >= 15 is 0 Å². The van der Waals surface area contributed by atoms with Crippen LogP contribution in [0.1, 0.15) is 12.0 Å². The molecule has 0 aliphatic heterocycles. The van der Waals surface area contributed by atoms with Crippen LogP contribution in [0, 0.1) is 6.92 Å². The van der Waals surface area contributed by atoms with Crippen LogP contribution in [0.5, 0.6) is 0 Å². The van der Waals surface area contributed by atoms with Gasteiger partial charge in [0.1, 0.15) is 0 Å². The lowest BCUT2D eigenvalue weighted by atomic mass is 10.2. The topological polar surface area (TPSA) is 107 Å². The number of aryl methyl sites for hydroxylation is 2. The predicted octanol–water partition coefficient (Wildman–Crippen LogP) is 0.868. The highest BCUT2D eigenvalue weighted by molar-refractivity contribution is 7.89. The number of nitrogens with zero attached hydrogens (tertiary/aromatic N) is 2. The van der Waals surface area contributed by atoms with E-state index in [-0.39, 0.29) is 17.2 Å². The molecule has 0 aliphatic rings. The van der Waals surface area contributed by atoms with Gasteiger partial charge in [0, 0.05) is 31.0 Å². The second-order valence-corrected chi connectivity index (χ2v) is 6.15. The molecule has 1 aromatic carbocycles. The minimum Gasteiger partial charge on any atom is -0.337 e. The van der Waals surface area contributed by atoms with Crippen molar-refractivity contribution in [2.75, 3.05) is 5.32 Å². The summed E-state index contributed by atoms with van der Waals surface area (Å²) in [7, 11) is -3.80. The van der Waals surface area contributed by atoms with Gasteiger partial charge in [0.05, 0.1) is 11.2 Å². The number of sulfonamides is 1. The number of rotatable bonds is 5. The van der Waals surface area contributed by atoms with Gasteiger partial charge in [-0.3, -0.25) is 4.79 Å². The maximum absolute atomic E-state index is 11.8. The molecule has 3 N–H and O–H groups in total. The molecule has 0 atom stereocenters. The smallest absolute Gasteiger partial charge is 0.238 e. The van der Waals surface area contributed by atoms with Crippen LogP contribution < -0.4 is 10.5 Å². The molecule has 7 nitrogen and oxygen atoms in total. The van der Waals surface area contributed by atoms with Crippen molar-refractivity contribution in [1.82, 2.24) is 9.55 Å². The van der Waals surface area contributed by atoms with Crippen LogP contribution in [0.2, 0.25) is 0 Å². The second-order valence-electron chi connectivity index (χ2n) is 4.62. The molecular formula is C13H16N4O3S. The second kappa shape index (κ2) is 6.06. The third-order valence-electron chi connectivity index (χ3n) is 2.93. The Bertz CT molecular complexity index is 739. The van der Waals surface area contributed by atoms with E-state index in [9.17, 15) is 13.2 Å². The van der Waals surface area contributed by atoms with Gasteiger partial charge in [0.25, 0.3) is 0 Å². The molecule has 1 heterocycles. The van der Waals surface area contributed by atoms with Crippen LogP contribution in [-0.4, -0.2) is 23.9 Å². The third kappa shape index (κ3) is 4.14. The van der Waals surface area contributed by atoms with Crippen molar-refractivity contribution in [3.05, 3.63) is 42.5 Å². The molecule has 21 heavy (non-hydrogen) atoms. The number of nitrogens with one attached hydrogen (secondary N) is 1. The van der Waals surface area contributed by atoms with E-state index in [0.29, 0.717) is 17.8 Å². The van der Waals surface area contributed by atoms with E-state index in [4.69, 9.17) is 5.14 Å². The number of hydrogen-bond acceptors (Lipinski definition) is 4. The van der Waals surface area contributed by atoms with E-state index in [1.54, 1.807) is 42.3 Å². The largest absolute Gasteiger partial charge is 0.337 e. The maximum atomic E-state index is 11.8. The number of imidazole rings is 1. The minimum absolute atomic E-state index is 0.00918. The number of primary sulfonamides is 1. The molecule has 0 radical (unpaired) electrons. The SMILES string of the molecule is Cc1ccc(NC(=O)CCn2ccnc2)cc1S(N)(=O)=O. The van der Waals surface area contributed by atoms with Crippen molar-refractivity contribution in [3.8, 4) is 0 Å². The van der Waals surface area contributed by atoms with Gasteiger partial charge in [-0.1, -0.05) is 6.07 Å². The molecule has 0 aliphatic carbocycles. The van der Waals surface area contributed by atoms with Gasteiger partial charge in [-0.2, -0.15) is 0 Å². The third-order valence-corrected chi connectivity index (χ3v) is 3.99. The fraction of sp³-hybridized carbons (Fsp3) is 0.231. The summed E-state index contributed by atoms with van der Waals surface area (Å²) in [4.78, 5) is 15.7. The average molecular weight is 308 g/mol. The molecule has 2 aromatic rings. The van der Waals surface area contributed by atoms with E-state index < -0.39 is 10.0 Å². The number of carbonyl (C=O) groups excluding carboxylic acids is 1. The van der Waals surface area contributed by atoms with Crippen molar-refractivity contribution < 1.29 is 13.2 Å². The van der Waals surface area contributed by atoms with Gasteiger partial charge in [-0.25, -0.2) is 18.5 Å². The Morgan fingerprint density at radius 2 is 2.19 bits per heavy atom. The molecule has 0 spiro atoms. The van der Waals surface area contributed by atoms with Gasteiger partial charge >= 0.3 is 0 Å². The molecule has 2 rings (SSSR count). The highest BCUT2D eigenvalue weighted by atomic mass is 32.2. The summed E-state index contributed by atoms with van der Waals surface area (Å²) in [5.41, 5.74) is 0.939. The first-order valence-corrected chi connectivity index (χ1v) is 7.80. The van der Waals surface area contributed by atoms with Gasteiger partial charge in [0.2, 0.25) is 15.9 Å². The first-order valence-electron chi connectivity index (χ1n) is 6.25. The van der Waals surface area contributed by atoms with Crippen molar-refractivity contribution in [3.63, 3.8) is 0 Å². The number of nitrogens with two attached hydrogens (primary N) is 1. The normalized spacial score (nSPS) is 11.3. The minimum atomic E-state index is -3.80. The van der Waals surface area contributed by atoms with Crippen LogP contribution in [0.4, 0.5) is 5.69 Å². The molecule has 8 heteroatoms. The van der Waals surface area contributed by atoms with Crippen molar-refractivity contribution >= 4 is 21.6 Å². The van der Waals surface area contributed by atoms with Gasteiger partial charge in [-0.05, 0) is 24.6 Å².